The zero-order valence-corrected chi connectivity index (χ0v) is 9.56. The van der Waals surface area contributed by atoms with E-state index in [0.29, 0.717) is 12.5 Å². The number of rotatable bonds is 7. The molecule has 0 heterocycles. The van der Waals surface area contributed by atoms with Crippen molar-refractivity contribution < 1.29 is 0 Å². The van der Waals surface area contributed by atoms with Gasteiger partial charge in [0.1, 0.15) is 0 Å². The maximum absolute atomic E-state index is 8.48. The Hall–Kier alpha value is -0.200. The van der Waals surface area contributed by atoms with Crippen LogP contribution in [0.3, 0.4) is 0 Å². The Morgan fingerprint density at radius 3 is 2.46 bits per heavy atom. The van der Waals surface area contributed by atoms with E-state index in [0.717, 1.165) is 18.8 Å². The highest BCUT2D eigenvalue weighted by atomic mass is 32.1. The molecule has 0 aromatic rings. The molecule has 0 aromatic carbocycles. The molecule has 0 saturated carbocycles. The molecule has 0 atom stereocenters. The van der Waals surface area contributed by atoms with Gasteiger partial charge in [-0.2, -0.15) is 17.9 Å². The van der Waals surface area contributed by atoms with Crippen LogP contribution in [0.2, 0.25) is 0 Å². The number of hydrogen-bond donors (Lipinski definition) is 1. The number of nitriles is 1. The highest BCUT2D eigenvalue weighted by Gasteiger charge is 2.07. The van der Waals surface area contributed by atoms with Crippen LogP contribution in [-0.2, 0) is 0 Å². The van der Waals surface area contributed by atoms with E-state index in [1.54, 1.807) is 0 Å². The molecule has 0 rings (SSSR count). The molecule has 2 nitrogen and oxygen atoms in total. The molecule has 0 aliphatic rings. The third-order valence-electron chi connectivity index (χ3n) is 2.09. The van der Waals surface area contributed by atoms with Gasteiger partial charge >= 0.3 is 0 Å². The monoisotopic (exact) mass is 200 g/mol. The maximum Gasteiger partial charge on any atom is 0.0635 e. The summed E-state index contributed by atoms with van der Waals surface area (Å²) in [7, 11) is 0. The summed E-state index contributed by atoms with van der Waals surface area (Å²) in [4.78, 5) is 2.35. The van der Waals surface area contributed by atoms with Gasteiger partial charge in [-0.05, 0) is 39.0 Å². The summed E-state index contributed by atoms with van der Waals surface area (Å²) in [5, 5.41) is 8.48. The summed E-state index contributed by atoms with van der Waals surface area (Å²) in [5.41, 5.74) is 0. The lowest BCUT2D eigenvalue weighted by Crippen LogP contribution is -2.32. The van der Waals surface area contributed by atoms with Crippen LogP contribution in [0.5, 0.6) is 0 Å². The molecule has 3 heteroatoms. The van der Waals surface area contributed by atoms with Crippen molar-refractivity contribution in [3.63, 3.8) is 0 Å². The molecule has 0 N–H and O–H groups in total. The van der Waals surface area contributed by atoms with Gasteiger partial charge < -0.3 is 0 Å². The minimum atomic E-state index is 0.549. The highest BCUT2D eigenvalue weighted by Crippen LogP contribution is 2.03. The van der Waals surface area contributed by atoms with Crippen LogP contribution in [0.4, 0.5) is 0 Å². The van der Waals surface area contributed by atoms with Gasteiger partial charge in [-0.15, -0.1) is 0 Å². The van der Waals surface area contributed by atoms with Crippen molar-refractivity contribution in [3.05, 3.63) is 0 Å². The smallest absolute Gasteiger partial charge is 0.0635 e. The van der Waals surface area contributed by atoms with E-state index in [1.165, 1.54) is 12.8 Å². The summed E-state index contributed by atoms with van der Waals surface area (Å²) in [6.07, 6.45) is 2.99. The lowest BCUT2D eigenvalue weighted by atomic mass is 10.2. The van der Waals surface area contributed by atoms with Crippen molar-refractivity contribution in [1.29, 1.82) is 5.26 Å². The first-order valence-electron chi connectivity index (χ1n) is 4.94. The maximum atomic E-state index is 8.48. The second kappa shape index (κ2) is 8.40. The third-order valence-corrected chi connectivity index (χ3v) is 2.41. The van der Waals surface area contributed by atoms with Crippen LogP contribution in [0.1, 0.15) is 33.1 Å². The van der Waals surface area contributed by atoms with E-state index >= 15 is 0 Å². The number of thiol groups is 1. The first-order chi connectivity index (χ1) is 6.22. The molecule has 0 radical (unpaired) electrons. The topological polar surface area (TPSA) is 27.0 Å². The van der Waals surface area contributed by atoms with Gasteiger partial charge in [0, 0.05) is 19.0 Å². The molecule has 0 fully saturated rings. The molecule has 76 valence electrons. The lowest BCUT2D eigenvalue weighted by Gasteiger charge is -2.25. The minimum Gasteiger partial charge on any atom is -0.300 e. The largest absolute Gasteiger partial charge is 0.300 e. The molecule has 0 saturated heterocycles. The van der Waals surface area contributed by atoms with Crippen molar-refractivity contribution in [3.8, 4) is 6.07 Å². The lowest BCUT2D eigenvalue weighted by molar-refractivity contribution is 0.223. The van der Waals surface area contributed by atoms with E-state index in [2.05, 4.69) is 37.4 Å². The third kappa shape index (κ3) is 6.92. The summed E-state index contributed by atoms with van der Waals surface area (Å²) in [5.74, 6) is 0.962. The van der Waals surface area contributed by atoms with Crippen LogP contribution in [0.25, 0.3) is 0 Å². The van der Waals surface area contributed by atoms with E-state index in [4.69, 9.17) is 5.26 Å². The first-order valence-corrected chi connectivity index (χ1v) is 5.57. The van der Waals surface area contributed by atoms with Crippen molar-refractivity contribution >= 4 is 12.6 Å². The average Bonchev–Trinajstić information content (AvgIpc) is 2.10. The second-order valence-corrected chi connectivity index (χ2v) is 3.92. The number of unbranched alkanes of at least 4 members (excludes halogenated alkanes) is 1. The zero-order valence-electron chi connectivity index (χ0n) is 8.66. The van der Waals surface area contributed by atoms with Gasteiger partial charge in [-0.1, -0.05) is 0 Å². The van der Waals surface area contributed by atoms with Crippen molar-refractivity contribution in [2.45, 2.75) is 39.2 Å². The van der Waals surface area contributed by atoms with Crippen molar-refractivity contribution in [2.75, 3.05) is 18.8 Å². The molecule has 0 aliphatic carbocycles. The van der Waals surface area contributed by atoms with Gasteiger partial charge in [0.2, 0.25) is 0 Å². The number of nitrogens with zero attached hydrogens (tertiary/aromatic N) is 2. The van der Waals surface area contributed by atoms with E-state index in [9.17, 15) is 0 Å². The van der Waals surface area contributed by atoms with Crippen LogP contribution in [-0.4, -0.2) is 29.8 Å². The molecule has 0 aromatic heterocycles. The molecule has 13 heavy (non-hydrogen) atoms. The van der Waals surface area contributed by atoms with Crippen LogP contribution in [0, 0.1) is 11.3 Å². The van der Waals surface area contributed by atoms with Crippen LogP contribution < -0.4 is 0 Å². The Labute approximate surface area is 87.3 Å². The predicted molar refractivity (Wildman–Crippen MR) is 60.0 cm³/mol. The van der Waals surface area contributed by atoms with Gasteiger partial charge in [-0.3, -0.25) is 4.90 Å². The summed E-state index contributed by atoms with van der Waals surface area (Å²) >= 11 is 4.17. The molecule has 0 unspecified atom stereocenters. The molecule has 0 aliphatic heterocycles. The van der Waals surface area contributed by atoms with Crippen LogP contribution in [0.15, 0.2) is 0 Å². The Balaban J connectivity index is 3.62. The molecular weight excluding hydrogens is 180 g/mol. The highest BCUT2D eigenvalue weighted by molar-refractivity contribution is 7.80. The van der Waals surface area contributed by atoms with Crippen molar-refractivity contribution in [1.82, 2.24) is 4.90 Å². The first kappa shape index (κ1) is 12.8. The van der Waals surface area contributed by atoms with Gasteiger partial charge in [-0.25, -0.2) is 0 Å². The normalized spacial score (nSPS) is 10.8. The zero-order chi connectivity index (χ0) is 10.1. The Morgan fingerprint density at radius 2 is 2.00 bits per heavy atom. The minimum absolute atomic E-state index is 0.549. The molecular formula is C10H20N2S. The fraction of sp³-hybridized carbons (Fsp3) is 0.900. The Morgan fingerprint density at radius 1 is 1.31 bits per heavy atom. The van der Waals surface area contributed by atoms with E-state index in [1.807, 2.05) is 0 Å². The van der Waals surface area contributed by atoms with Gasteiger partial charge in [0.05, 0.1) is 6.07 Å². The SMILES string of the molecule is CC(C)N(CCC#N)CCCCS. The standard InChI is InChI=1S/C10H20N2S/c1-10(2)12(8-5-6-11)7-3-4-9-13/h10,13H,3-5,7-9H2,1-2H3. The fourth-order valence-corrected chi connectivity index (χ4v) is 1.47. The van der Waals surface area contributed by atoms with Crippen molar-refractivity contribution in [2.24, 2.45) is 0 Å². The average molecular weight is 200 g/mol. The molecule has 0 bridgehead atoms. The predicted octanol–water partition coefficient (Wildman–Crippen LogP) is 2.32. The summed E-state index contributed by atoms with van der Waals surface area (Å²) < 4.78 is 0. The number of hydrogen-bond acceptors (Lipinski definition) is 3. The van der Waals surface area contributed by atoms with Crippen LogP contribution >= 0.6 is 12.6 Å². The van der Waals surface area contributed by atoms with Gasteiger partial charge in [0.25, 0.3) is 0 Å². The summed E-state index contributed by atoms with van der Waals surface area (Å²) in [6, 6.07) is 2.74. The second-order valence-electron chi connectivity index (χ2n) is 3.47. The Bertz CT molecular complexity index is 151. The fourth-order valence-electron chi connectivity index (χ4n) is 1.25. The Kier molecular flexibility index (Phi) is 8.27. The van der Waals surface area contributed by atoms with E-state index in [-0.39, 0.29) is 0 Å². The molecule has 0 amide bonds. The van der Waals surface area contributed by atoms with Gasteiger partial charge in [0.15, 0.2) is 0 Å². The molecule has 0 spiro atoms. The van der Waals surface area contributed by atoms with E-state index < -0.39 is 0 Å². The summed E-state index contributed by atoms with van der Waals surface area (Å²) in [6.45, 7) is 6.36. The quantitative estimate of drug-likeness (QED) is 0.504.